The van der Waals surface area contributed by atoms with E-state index in [4.69, 9.17) is 0 Å². The van der Waals surface area contributed by atoms with Gasteiger partial charge in [0.25, 0.3) is 5.91 Å². The van der Waals surface area contributed by atoms with Gasteiger partial charge in [0.2, 0.25) is 5.91 Å². The summed E-state index contributed by atoms with van der Waals surface area (Å²) in [6.07, 6.45) is 3.91. The molecular formula is C15H22N4O4. The van der Waals surface area contributed by atoms with Crippen molar-refractivity contribution >= 4 is 11.8 Å². The highest BCUT2D eigenvalue weighted by atomic mass is 16.6. The molecule has 0 saturated carbocycles. The number of aliphatic hydroxyl groups is 1. The van der Waals surface area contributed by atoms with E-state index >= 15 is 0 Å². The lowest BCUT2D eigenvalue weighted by Crippen LogP contribution is -2.55. The van der Waals surface area contributed by atoms with Gasteiger partial charge in [-0.1, -0.05) is 5.16 Å². The van der Waals surface area contributed by atoms with Crippen LogP contribution in [0.25, 0.3) is 0 Å². The molecule has 1 N–H and O–H groups in total. The fraction of sp³-hybridized carbons (Fsp3) is 0.733. The van der Waals surface area contributed by atoms with Crippen LogP contribution in [0, 0.1) is 11.3 Å². The molecule has 1 unspecified atom stereocenters. The Morgan fingerprint density at radius 2 is 1.96 bits per heavy atom. The van der Waals surface area contributed by atoms with E-state index in [2.05, 4.69) is 14.9 Å². The quantitative estimate of drug-likeness (QED) is 0.832. The molecule has 3 heterocycles. The number of hydrogen-bond donors (Lipinski definition) is 1. The van der Waals surface area contributed by atoms with Crippen molar-refractivity contribution in [2.45, 2.75) is 26.2 Å². The van der Waals surface area contributed by atoms with Gasteiger partial charge < -0.3 is 14.9 Å². The zero-order valence-electron chi connectivity index (χ0n) is 13.3. The first-order valence-electron chi connectivity index (χ1n) is 7.99. The zero-order chi connectivity index (χ0) is 16.4. The Morgan fingerprint density at radius 3 is 2.48 bits per heavy atom. The third-order valence-corrected chi connectivity index (χ3v) is 5.48. The summed E-state index contributed by atoms with van der Waals surface area (Å²) in [5.74, 6) is -0.0820. The molecule has 0 aromatic carbocycles. The molecule has 1 atom stereocenters. The van der Waals surface area contributed by atoms with E-state index in [1.807, 2.05) is 4.90 Å². The van der Waals surface area contributed by atoms with Gasteiger partial charge in [0, 0.05) is 45.6 Å². The first-order chi connectivity index (χ1) is 11.1. The first kappa shape index (κ1) is 15.9. The summed E-state index contributed by atoms with van der Waals surface area (Å²) in [6, 6.07) is 0. The summed E-state index contributed by atoms with van der Waals surface area (Å²) >= 11 is 0. The van der Waals surface area contributed by atoms with Crippen LogP contribution in [0.5, 0.6) is 0 Å². The monoisotopic (exact) mass is 322 g/mol. The van der Waals surface area contributed by atoms with Crippen LogP contribution in [0.15, 0.2) is 10.8 Å². The molecular weight excluding hydrogens is 300 g/mol. The third kappa shape index (κ3) is 2.95. The van der Waals surface area contributed by atoms with Crippen molar-refractivity contribution in [3.63, 3.8) is 0 Å². The fourth-order valence-corrected chi connectivity index (χ4v) is 3.89. The SMILES string of the molecule is CC(=O)N1CCC2(CC1)CCN(C(=O)c1cnon1)CC2CO. The molecule has 0 bridgehead atoms. The van der Waals surface area contributed by atoms with Gasteiger partial charge in [-0.25, -0.2) is 4.63 Å². The van der Waals surface area contributed by atoms with E-state index < -0.39 is 0 Å². The molecule has 2 fully saturated rings. The number of carbonyl (C=O) groups excluding carboxylic acids is 2. The number of piperidine rings is 2. The van der Waals surface area contributed by atoms with Gasteiger partial charge in [0.05, 0.1) is 0 Å². The molecule has 23 heavy (non-hydrogen) atoms. The average Bonchev–Trinajstić information content (AvgIpc) is 3.09. The molecule has 0 aliphatic carbocycles. The Morgan fingerprint density at radius 1 is 1.30 bits per heavy atom. The highest BCUT2D eigenvalue weighted by molar-refractivity contribution is 5.91. The predicted molar refractivity (Wildman–Crippen MR) is 79.3 cm³/mol. The molecule has 2 aliphatic heterocycles. The van der Waals surface area contributed by atoms with Crippen LogP contribution in [-0.2, 0) is 4.79 Å². The Hall–Kier alpha value is -1.96. The van der Waals surface area contributed by atoms with Crippen molar-refractivity contribution in [2.24, 2.45) is 11.3 Å². The number of carbonyl (C=O) groups is 2. The number of amides is 2. The summed E-state index contributed by atoms with van der Waals surface area (Å²) in [6.45, 7) is 4.22. The number of aliphatic hydroxyl groups excluding tert-OH is 1. The second kappa shape index (κ2) is 6.27. The molecule has 8 nitrogen and oxygen atoms in total. The molecule has 1 aromatic rings. The van der Waals surface area contributed by atoms with Crippen molar-refractivity contribution in [3.05, 3.63) is 11.9 Å². The van der Waals surface area contributed by atoms with Gasteiger partial charge in [-0.15, -0.1) is 0 Å². The van der Waals surface area contributed by atoms with Gasteiger partial charge in [-0.3, -0.25) is 9.59 Å². The minimum absolute atomic E-state index is 0.0134. The first-order valence-corrected chi connectivity index (χ1v) is 7.99. The van der Waals surface area contributed by atoms with Gasteiger partial charge in [0.1, 0.15) is 6.20 Å². The largest absolute Gasteiger partial charge is 0.396 e. The maximum absolute atomic E-state index is 12.4. The van der Waals surface area contributed by atoms with Crippen molar-refractivity contribution in [1.82, 2.24) is 20.1 Å². The highest BCUT2D eigenvalue weighted by Crippen LogP contribution is 2.45. The maximum atomic E-state index is 12.4. The van der Waals surface area contributed by atoms with Crippen molar-refractivity contribution in [2.75, 3.05) is 32.8 Å². The molecule has 1 spiro atoms. The lowest BCUT2D eigenvalue weighted by molar-refractivity contribution is -0.133. The summed E-state index contributed by atoms with van der Waals surface area (Å²) < 4.78 is 4.49. The smallest absolute Gasteiger partial charge is 0.277 e. The Bertz CT molecular complexity index is 566. The van der Waals surface area contributed by atoms with Gasteiger partial charge in [-0.2, -0.15) is 0 Å². The van der Waals surface area contributed by atoms with Gasteiger partial charge >= 0.3 is 0 Å². The van der Waals surface area contributed by atoms with Gasteiger partial charge in [-0.05, 0) is 29.8 Å². The van der Waals surface area contributed by atoms with E-state index in [1.165, 1.54) is 6.20 Å². The van der Waals surface area contributed by atoms with Crippen LogP contribution < -0.4 is 0 Å². The lowest BCUT2D eigenvalue weighted by atomic mass is 9.64. The van der Waals surface area contributed by atoms with Crippen LogP contribution >= 0.6 is 0 Å². The Balaban J connectivity index is 1.68. The second-order valence-corrected chi connectivity index (χ2v) is 6.54. The van der Waals surface area contributed by atoms with Crippen molar-refractivity contribution in [1.29, 1.82) is 0 Å². The lowest BCUT2D eigenvalue weighted by Gasteiger charge is -2.51. The number of hydrogen-bond acceptors (Lipinski definition) is 6. The number of likely N-dealkylation sites (tertiary alicyclic amines) is 2. The van der Waals surface area contributed by atoms with E-state index in [9.17, 15) is 14.7 Å². The predicted octanol–water partition coefficient (Wildman–Crippen LogP) is 0.153. The Kier molecular flexibility index (Phi) is 4.34. The Labute approximate surface area is 134 Å². The normalized spacial score (nSPS) is 24.0. The van der Waals surface area contributed by atoms with Crippen LogP contribution in [0.2, 0.25) is 0 Å². The number of nitrogens with zero attached hydrogens (tertiary/aromatic N) is 4. The van der Waals surface area contributed by atoms with E-state index in [0.29, 0.717) is 13.1 Å². The summed E-state index contributed by atoms with van der Waals surface area (Å²) in [4.78, 5) is 27.4. The van der Waals surface area contributed by atoms with Crippen LogP contribution in [0.1, 0.15) is 36.7 Å². The fourth-order valence-electron chi connectivity index (χ4n) is 3.89. The molecule has 3 rings (SSSR count). The van der Waals surface area contributed by atoms with Crippen LogP contribution in [0.4, 0.5) is 0 Å². The molecule has 2 aliphatic rings. The van der Waals surface area contributed by atoms with Crippen molar-refractivity contribution in [3.8, 4) is 0 Å². The topological polar surface area (TPSA) is 99.8 Å². The second-order valence-electron chi connectivity index (χ2n) is 6.54. The van der Waals surface area contributed by atoms with Crippen LogP contribution in [0.3, 0.4) is 0 Å². The van der Waals surface area contributed by atoms with E-state index in [1.54, 1.807) is 11.8 Å². The van der Waals surface area contributed by atoms with E-state index in [0.717, 1.165) is 32.4 Å². The minimum Gasteiger partial charge on any atom is -0.396 e. The molecule has 2 saturated heterocycles. The van der Waals surface area contributed by atoms with E-state index in [-0.39, 0.29) is 35.4 Å². The number of aromatic nitrogens is 2. The minimum atomic E-state index is -0.208. The molecule has 0 radical (unpaired) electrons. The summed E-state index contributed by atoms with van der Waals surface area (Å²) in [7, 11) is 0. The van der Waals surface area contributed by atoms with Crippen molar-refractivity contribution < 1.29 is 19.3 Å². The van der Waals surface area contributed by atoms with Gasteiger partial charge in [0.15, 0.2) is 5.69 Å². The average molecular weight is 322 g/mol. The molecule has 8 heteroatoms. The molecule has 2 amide bonds. The summed E-state index contributed by atoms with van der Waals surface area (Å²) in [5.41, 5.74) is 0.212. The third-order valence-electron chi connectivity index (χ3n) is 5.48. The highest BCUT2D eigenvalue weighted by Gasteiger charge is 2.45. The van der Waals surface area contributed by atoms with Crippen LogP contribution in [-0.4, -0.2) is 69.8 Å². The number of rotatable bonds is 2. The maximum Gasteiger partial charge on any atom is 0.277 e. The standard InChI is InChI=1S/C15H22N4O4/c1-11(21)18-5-2-15(3-6-18)4-7-19(9-12(15)10-20)14(22)13-8-16-23-17-13/h8,12,20H,2-7,9-10H2,1H3. The zero-order valence-corrected chi connectivity index (χ0v) is 13.3. The summed E-state index contributed by atoms with van der Waals surface area (Å²) in [5, 5.41) is 16.9. The molecule has 1 aromatic heterocycles. The molecule has 126 valence electrons.